The quantitative estimate of drug-likeness (QED) is 0.765. The molecule has 4 rings (SSSR count). The second-order valence-electron chi connectivity index (χ2n) is 7.05. The third-order valence-electron chi connectivity index (χ3n) is 5.15. The van der Waals surface area contributed by atoms with Crippen molar-refractivity contribution >= 4 is 18.1 Å². The van der Waals surface area contributed by atoms with Gasteiger partial charge in [-0.3, -0.25) is 9.89 Å². The Balaban J connectivity index is 1.38. The molecule has 2 fully saturated rings. The molecule has 0 unspecified atom stereocenters. The van der Waals surface area contributed by atoms with Crippen molar-refractivity contribution in [3.05, 3.63) is 46.5 Å². The van der Waals surface area contributed by atoms with Crippen LogP contribution in [0.4, 0.5) is 0 Å². The van der Waals surface area contributed by atoms with Gasteiger partial charge in [-0.15, -0.1) is 0 Å². The van der Waals surface area contributed by atoms with Gasteiger partial charge in [0.1, 0.15) is 5.82 Å². The number of hydrogen-bond acceptors (Lipinski definition) is 4. The fourth-order valence-electron chi connectivity index (χ4n) is 3.64. The maximum Gasteiger partial charge on any atom is 0.226 e. The lowest BCUT2D eigenvalue weighted by Crippen LogP contribution is -2.38. The molecule has 1 saturated carbocycles. The van der Waals surface area contributed by atoms with Crippen molar-refractivity contribution in [3.8, 4) is 0 Å². The van der Waals surface area contributed by atoms with E-state index in [4.69, 9.17) is 17.0 Å². The van der Waals surface area contributed by atoms with Crippen LogP contribution >= 0.6 is 12.2 Å². The van der Waals surface area contributed by atoms with Gasteiger partial charge in [0, 0.05) is 25.6 Å². The summed E-state index contributed by atoms with van der Waals surface area (Å²) in [6.45, 7) is 1.90. The van der Waals surface area contributed by atoms with E-state index in [-0.39, 0.29) is 17.9 Å². The van der Waals surface area contributed by atoms with Crippen LogP contribution in [-0.2, 0) is 16.1 Å². The minimum absolute atomic E-state index is 0.0570. The van der Waals surface area contributed by atoms with Crippen molar-refractivity contribution in [2.45, 2.75) is 44.2 Å². The maximum atomic E-state index is 12.8. The van der Waals surface area contributed by atoms with Crippen LogP contribution in [0.1, 0.15) is 49.1 Å². The lowest BCUT2D eigenvalue weighted by molar-refractivity contribution is -0.134. The fourth-order valence-corrected chi connectivity index (χ4v) is 3.87. The third kappa shape index (κ3) is 3.73. The number of H-pyrrole nitrogens is 1. The number of nitrogens with zero attached hydrogens (tertiary/aromatic N) is 2. The number of ether oxygens (including phenoxy) is 1. The molecule has 7 heteroatoms. The second kappa shape index (κ2) is 7.72. The van der Waals surface area contributed by atoms with Crippen LogP contribution in [0.15, 0.2) is 30.3 Å². The SMILES string of the molecule is O=C(NCCn1c(C2CC2)n[nH]c1=S)[C@H]1CCCO[C@@H]1c1ccccc1. The normalized spacial score (nSPS) is 22.9. The van der Waals surface area contributed by atoms with Crippen LogP contribution in [0, 0.1) is 10.7 Å². The molecule has 1 amide bonds. The number of benzene rings is 1. The van der Waals surface area contributed by atoms with Gasteiger partial charge in [0.15, 0.2) is 4.77 Å². The standard InChI is InChI=1S/C19H24N4O2S/c24-18(15-7-4-12-25-16(15)13-5-2-1-3-6-13)20-10-11-23-17(14-8-9-14)21-22-19(23)26/h1-3,5-6,14-16H,4,7-12H2,(H,20,24)(H,22,26)/t15-,16+/m0/s1. The Morgan fingerprint density at radius 3 is 2.88 bits per heavy atom. The first-order valence-electron chi connectivity index (χ1n) is 9.33. The van der Waals surface area contributed by atoms with Crippen LogP contribution in [0.25, 0.3) is 0 Å². The summed E-state index contributed by atoms with van der Waals surface area (Å²) in [7, 11) is 0. The van der Waals surface area contributed by atoms with E-state index in [0.29, 0.717) is 30.4 Å². The molecule has 1 aliphatic heterocycles. The van der Waals surface area contributed by atoms with E-state index in [1.807, 2.05) is 34.9 Å². The molecule has 138 valence electrons. The average Bonchev–Trinajstić information content (AvgIpc) is 3.46. The number of aromatic nitrogens is 3. The highest BCUT2D eigenvalue weighted by molar-refractivity contribution is 7.71. The van der Waals surface area contributed by atoms with E-state index in [2.05, 4.69) is 15.5 Å². The zero-order valence-corrected chi connectivity index (χ0v) is 15.5. The zero-order chi connectivity index (χ0) is 17.9. The molecule has 0 spiro atoms. The Morgan fingerprint density at radius 2 is 2.12 bits per heavy atom. The summed E-state index contributed by atoms with van der Waals surface area (Å²) in [4.78, 5) is 12.8. The first-order chi connectivity index (χ1) is 12.7. The van der Waals surface area contributed by atoms with E-state index in [0.717, 1.165) is 24.2 Å². The van der Waals surface area contributed by atoms with E-state index in [1.54, 1.807) is 0 Å². The predicted octanol–water partition coefficient (Wildman–Crippen LogP) is 3.10. The number of aromatic amines is 1. The molecule has 1 aromatic heterocycles. The summed E-state index contributed by atoms with van der Waals surface area (Å²) < 4.78 is 8.57. The number of carbonyl (C=O) groups is 1. The smallest absolute Gasteiger partial charge is 0.226 e. The Labute approximate surface area is 158 Å². The molecule has 0 bridgehead atoms. The minimum atomic E-state index is -0.164. The van der Waals surface area contributed by atoms with Crippen molar-refractivity contribution in [1.29, 1.82) is 0 Å². The third-order valence-corrected chi connectivity index (χ3v) is 5.46. The lowest BCUT2D eigenvalue weighted by Gasteiger charge is -2.31. The predicted molar refractivity (Wildman–Crippen MR) is 100 cm³/mol. The van der Waals surface area contributed by atoms with E-state index in [1.165, 1.54) is 12.8 Å². The molecule has 1 aliphatic carbocycles. The number of rotatable bonds is 6. The Kier molecular flexibility index (Phi) is 5.17. The van der Waals surface area contributed by atoms with Crippen molar-refractivity contribution < 1.29 is 9.53 Å². The van der Waals surface area contributed by atoms with Crippen molar-refractivity contribution in [2.24, 2.45) is 5.92 Å². The summed E-state index contributed by atoms with van der Waals surface area (Å²) in [5.41, 5.74) is 1.07. The van der Waals surface area contributed by atoms with Crippen LogP contribution in [-0.4, -0.2) is 33.8 Å². The van der Waals surface area contributed by atoms with Gasteiger partial charge in [-0.05, 0) is 43.5 Å². The Bertz CT molecular complexity index is 812. The molecule has 2 atom stereocenters. The lowest BCUT2D eigenvalue weighted by atomic mass is 9.89. The molecule has 2 N–H and O–H groups in total. The topological polar surface area (TPSA) is 71.9 Å². The summed E-state index contributed by atoms with van der Waals surface area (Å²) in [6.07, 6.45) is 3.95. The summed E-state index contributed by atoms with van der Waals surface area (Å²) in [6, 6.07) is 10.0. The molecule has 1 aromatic carbocycles. The fraction of sp³-hybridized carbons (Fsp3) is 0.526. The Hall–Kier alpha value is -1.99. The van der Waals surface area contributed by atoms with Gasteiger partial charge in [-0.2, -0.15) is 5.10 Å². The van der Waals surface area contributed by atoms with Crippen LogP contribution in [0.5, 0.6) is 0 Å². The van der Waals surface area contributed by atoms with Gasteiger partial charge in [-0.25, -0.2) is 0 Å². The maximum absolute atomic E-state index is 12.8. The number of carbonyl (C=O) groups excluding carboxylic acids is 1. The van der Waals surface area contributed by atoms with Crippen molar-refractivity contribution in [2.75, 3.05) is 13.2 Å². The molecule has 2 aromatic rings. The van der Waals surface area contributed by atoms with Gasteiger partial charge in [0.25, 0.3) is 0 Å². The molecule has 26 heavy (non-hydrogen) atoms. The van der Waals surface area contributed by atoms with Gasteiger partial charge in [0.2, 0.25) is 5.91 Å². The molecule has 2 heterocycles. The van der Waals surface area contributed by atoms with Gasteiger partial charge < -0.3 is 14.6 Å². The van der Waals surface area contributed by atoms with E-state index < -0.39 is 0 Å². The second-order valence-corrected chi connectivity index (χ2v) is 7.44. The number of nitrogens with one attached hydrogen (secondary N) is 2. The van der Waals surface area contributed by atoms with Crippen LogP contribution in [0.3, 0.4) is 0 Å². The van der Waals surface area contributed by atoms with Gasteiger partial charge in [0.05, 0.1) is 12.0 Å². The molecular formula is C19H24N4O2S. The average molecular weight is 372 g/mol. The highest BCUT2D eigenvalue weighted by Gasteiger charge is 2.33. The minimum Gasteiger partial charge on any atom is -0.373 e. The molecular weight excluding hydrogens is 348 g/mol. The summed E-state index contributed by atoms with van der Waals surface area (Å²) in [5.74, 6) is 1.45. The first kappa shape index (κ1) is 17.4. The van der Waals surface area contributed by atoms with Crippen molar-refractivity contribution in [3.63, 3.8) is 0 Å². The molecule has 2 aliphatic rings. The number of amides is 1. The molecule has 0 radical (unpaired) electrons. The molecule has 6 nitrogen and oxygen atoms in total. The summed E-state index contributed by atoms with van der Waals surface area (Å²) in [5, 5.41) is 10.3. The van der Waals surface area contributed by atoms with E-state index >= 15 is 0 Å². The highest BCUT2D eigenvalue weighted by atomic mass is 32.1. The van der Waals surface area contributed by atoms with Crippen LogP contribution in [0.2, 0.25) is 0 Å². The summed E-state index contributed by atoms with van der Waals surface area (Å²) >= 11 is 5.32. The van der Waals surface area contributed by atoms with Gasteiger partial charge >= 0.3 is 0 Å². The van der Waals surface area contributed by atoms with Crippen molar-refractivity contribution in [1.82, 2.24) is 20.1 Å². The zero-order valence-electron chi connectivity index (χ0n) is 14.7. The number of hydrogen-bond donors (Lipinski definition) is 2. The van der Waals surface area contributed by atoms with E-state index in [9.17, 15) is 4.79 Å². The van der Waals surface area contributed by atoms with Gasteiger partial charge in [-0.1, -0.05) is 30.3 Å². The Morgan fingerprint density at radius 1 is 1.31 bits per heavy atom. The molecule has 1 saturated heterocycles. The largest absolute Gasteiger partial charge is 0.373 e. The van der Waals surface area contributed by atoms with Crippen LogP contribution < -0.4 is 5.32 Å². The highest BCUT2D eigenvalue weighted by Crippen LogP contribution is 2.38. The first-order valence-corrected chi connectivity index (χ1v) is 9.74. The monoisotopic (exact) mass is 372 g/mol.